The van der Waals surface area contributed by atoms with Gasteiger partial charge in [-0.3, -0.25) is 9.80 Å². The first-order chi connectivity index (χ1) is 18.1. The van der Waals surface area contributed by atoms with Crippen LogP contribution in [-0.4, -0.2) is 67.0 Å². The molecule has 0 bridgehead atoms. The zero-order valence-corrected chi connectivity index (χ0v) is 21.4. The highest BCUT2D eigenvalue weighted by Crippen LogP contribution is 2.42. The van der Waals surface area contributed by atoms with Crippen LogP contribution in [0.2, 0.25) is 0 Å². The largest absolute Gasteiger partial charge is 0.497 e. The van der Waals surface area contributed by atoms with Crippen molar-refractivity contribution in [2.75, 3.05) is 26.7 Å². The van der Waals surface area contributed by atoms with Gasteiger partial charge in [-0.15, -0.1) is 0 Å². The molecule has 0 aromatic heterocycles. The van der Waals surface area contributed by atoms with Gasteiger partial charge in [0.2, 0.25) is 0 Å². The molecule has 1 heterocycles. The summed E-state index contributed by atoms with van der Waals surface area (Å²) in [5.74, 6) is 0.496. The Labute approximate surface area is 219 Å². The van der Waals surface area contributed by atoms with Crippen LogP contribution >= 0.6 is 0 Å². The molecule has 1 aliphatic carbocycles. The Morgan fingerprint density at radius 1 is 0.868 bits per heavy atom. The van der Waals surface area contributed by atoms with Crippen LogP contribution in [0.15, 0.2) is 54.6 Å². The Balaban J connectivity index is 1.67. The van der Waals surface area contributed by atoms with Crippen molar-refractivity contribution in [2.45, 2.75) is 75.2 Å². The average molecular weight is 544 g/mol. The third-order valence-electron chi connectivity index (χ3n) is 7.72. The van der Waals surface area contributed by atoms with Gasteiger partial charge in [-0.05, 0) is 36.1 Å². The van der Waals surface area contributed by atoms with Crippen molar-refractivity contribution in [3.05, 3.63) is 65.7 Å². The second-order valence-electron chi connectivity index (χ2n) is 10.2. The summed E-state index contributed by atoms with van der Waals surface area (Å²) in [5.41, 5.74) is 1.58. The van der Waals surface area contributed by atoms with E-state index in [1.165, 1.54) is 12.0 Å². The summed E-state index contributed by atoms with van der Waals surface area (Å²) in [6.07, 6.45) is -6.74. The zero-order chi connectivity index (χ0) is 27.3. The van der Waals surface area contributed by atoms with Gasteiger partial charge in [0, 0.05) is 38.3 Å². The van der Waals surface area contributed by atoms with E-state index >= 15 is 0 Å². The van der Waals surface area contributed by atoms with Gasteiger partial charge in [0.25, 0.3) is 0 Å². The number of alkyl halides is 6. The topological polar surface area (TPSA) is 27.7 Å². The Hall–Kier alpha value is -2.30. The predicted molar refractivity (Wildman–Crippen MR) is 134 cm³/mol. The van der Waals surface area contributed by atoms with Crippen molar-refractivity contribution in [2.24, 2.45) is 0 Å². The van der Waals surface area contributed by atoms with Gasteiger partial charge in [-0.2, -0.15) is 26.3 Å². The molecule has 0 radical (unpaired) electrons. The Morgan fingerprint density at radius 2 is 1.50 bits per heavy atom. The summed E-state index contributed by atoms with van der Waals surface area (Å²) in [6.45, 7) is -0.432. The van der Waals surface area contributed by atoms with Gasteiger partial charge in [0.15, 0.2) is 0 Å². The third kappa shape index (κ3) is 7.01. The van der Waals surface area contributed by atoms with Crippen molar-refractivity contribution in [1.29, 1.82) is 0 Å². The number of hydrogen-bond donors (Lipinski definition) is 1. The second kappa shape index (κ2) is 12.3. The Bertz CT molecular complexity index is 986. The molecule has 0 spiro atoms. The van der Waals surface area contributed by atoms with E-state index in [0.29, 0.717) is 43.5 Å². The molecular formula is C28H35F6N3O. The highest BCUT2D eigenvalue weighted by atomic mass is 19.4. The minimum absolute atomic E-state index is 0.181. The lowest BCUT2D eigenvalue weighted by molar-refractivity contribution is -0.266. The molecule has 10 heteroatoms. The fourth-order valence-electron chi connectivity index (χ4n) is 5.87. The second-order valence-corrected chi connectivity index (χ2v) is 10.2. The molecule has 2 fully saturated rings. The molecule has 2 aromatic rings. The molecule has 210 valence electrons. The van der Waals surface area contributed by atoms with Gasteiger partial charge in [-0.1, -0.05) is 61.7 Å². The minimum Gasteiger partial charge on any atom is -0.497 e. The first-order valence-electron chi connectivity index (χ1n) is 13.1. The minimum atomic E-state index is -4.80. The van der Waals surface area contributed by atoms with Crippen molar-refractivity contribution < 1.29 is 31.1 Å². The van der Waals surface area contributed by atoms with Crippen LogP contribution in [0.4, 0.5) is 26.3 Å². The van der Waals surface area contributed by atoms with Crippen LogP contribution in [0.3, 0.4) is 0 Å². The molecule has 4 nitrogen and oxygen atoms in total. The van der Waals surface area contributed by atoms with E-state index in [0.717, 1.165) is 16.9 Å². The van der Waals surface area contributed by atoms with E-state index in [4.69, 9.17) is 4.74 Å². The monoisotopic (exact) mass is 543 g/mol. The average Bonchev–Trinajstić information content (AvgIpc) is 2.90. The molecular weight excluding hydrogens is 508 g/mol. The van der Waals surface area contributed by atoms with Gasteiger partial charge in [0.05, 0.1) is 7.11 Å². The van der Waals surface area contributed by atoms with Crippen molar-refractivity contribution >= 4 is 0 Å². The van der Waals surface area contributed by atoms with Gasteiger partial charge >= 0.3 is 12.4 Å². The van der Waals surface area contributed by atoms with E-state index in [-0.39, 0.29) is 6.54 Å². The summed E-state index contributed by atoms with van der Waals surface area (Å²) in [6, 6.07) is 10.5. The number of nitrogens with zero attached hydrogens (tertiary/aromatic N) is 2. The molecule has 2 aliphatic rings. The highest BCUT2D eigenvalue weighted by Gasteiger charge is 2.58. The molecule has 3 unspecified atom stereocenters. The van der Waals surface area contributed by atoms with Gasteiger partial charge < -0.3 is 10.1 Å². The Morgan fingerprint density at radius 3 is 2.08 bits per heavy atom. The first-order valence-corrected chi connectivity index (χ1v) is 13.1. The smallest absolute Gasteiger partial charge is 0.405 e. The molecule has 1 aliphatic heterocycles. The number of halogens is 6. The fraction of sp³-hybridized carbons (Fsp3) is 0.571. The van der Waals surface area contributed by atoms with Crippen molar-refractivity contribution in [3.8, 4) is 5.75 Å². The molecule has 1 N–H and O–H groups in total. The van der Waals surface area contributed by atoms with Crippen LogP contribution in [0.5, 0.6) is 5.75 Å². The summed E-state index contributed by atoms with van der Waals surface area (Å²) in [4.78, 5) is 2.12. The molecule has 4 rings (SSSR count). The standard InChI is InChI=1S/C28H35F6N3O/c1-38-23-14-8-11-21(15-23)24(17-35-16-20-9-4-2-5-10-20)36-18-25(27(29,30)31)37(22-12-6-3-7-13-22)26(19-36)28(32,33)34/h2,4-5,8-11,14-15,22,24-26,35H,3,6-7,12-13,16-19H2,1H3. The lowest BCUT2D eigenvalue weighted by atomic mass is 9.89. The Kier molecular flexibility index (Phi) is 9.26. The van der Waals surface area contributed by atoms with Crippen LogP contribution in [0.1, 0.15) is 49.3 Å². The molecule has 1 saturated heterocycles. The van der Waals surface area contributed by atoms with E-state index in [1.807, 2.05) is 30.3 Å². The predicted octanol–water partition coefficient (Wildman–Crippen LogP) is 6.34. The maximum atomic E-state index is 14.5. The number of rotatable bonds is 8. The molecule has 3 atom stereocenters. The van der Waals surface area contributed by atoms with Crippen molar-refractivity contribution in [1.82, 2.24) is 15.1 Å². The van der Waals surface area contributed by atoms with Crippen LogP contribution in [0.25, 0.3) is 0 Å². The summed E-state index contributed by atoms with van der Waals surface area (Å²) < 4.78 is 92.1. The van der Waals surface area contributed by atoms with Gasteiger partial charge in [-0.25, -0.2) is 0 Å². The number of piperazine rings is 1. The fourth-order valence-corrected chi connectivity index (χ4v) is 5.87. The van der Waals surface area contributed by atoms with Crippen molar-refractivity contribution in [3.63, 3.8) is 0 Å². The maximum absolute atomic E-state index is 14.5. The van der Waals surface area contributed by atoms with Crippen LogP contribution in [-0.2, 0) is 6.54 Å². The van der Waals surface area contributed by atoms with E-state index in [9.17, 15) is 26.3 Å². The molecule has 0 amide bonds. The molecule has 1 saturated carbocycles. The van der Waals surface area contributed by atoms with E-state index in [2.05, 4.69) is 5.32 Å². The van der Waals surface area contributed by atoms with Crippen LogP contribution in [0, 0.1) is 0 Å². The van der Waals surface area contributed by atoms with E-state index in [1.54, 1.807) is 24.3 Å². The van der Waals surface area contributed by atoms with Crippen LogP contribution < -0.4 is 10.1 Å². The number of benzene rings is 2. The third-order valence-corrected chi connectivity index (χ3v) is 7.72. The lowest BCUT2D eigenvalue weighted by Gasteiger charge is -2.53. The van der Waals surface area contributed by atoms with E-state index < -0.39 is 49.6 Å². The quantitative estimate of drug-likeness (QED) is 0.394. The highest BCUT2D eigenvalue weighted by molar-refractivity contribution is 5.31. The number of ether oxygens (including phenoxy) is 1. The molecule has 38 heavy (non-hydrogen) atoms. The first kappa shape index (κ1) is 28.7. The zero-order valence-electron chi connectivity index (χ0n) is 21.4. The summed E-state index contributed by atoms with van der Waals surface area (Å²) >= 11 is 0. The summed E-state index contributed by atoms with van der Waals surface area (Å²) in [7, 11) is 1.48. The summed E-state index contributed by atoms with van der Waals surface area (Å²) in [5, 5.41) is 3.26. The number of nitrogens with one attached hydrogen (secondary N) is 1. The molecule has 2 aromatic carbocycles. The normalized spacial score (nSPS) is 23.3. The maximum Gasteiger partial charge on any atom is 0.405 e. The lowest BCUT2D eigenvalue weighted by Crippen LogP contribution is -2.70. The number of hydrogen-bond acceptors (Lipinski definition) is 4. The van der Waals surface area contributed by atoms with Gasteiger partial charge in [0.1, 0.15) is 17.8 Å². The SMILES string of the molecule is COc1cccc(C(CNCc2ccccc2)N2CC(C(F)(F)F)N(C3CCCCC3)C(C(F)(F)F)C2)c1. The number of methoxy groups -OCH3 is 1.